The third-order valence-electron chi connectivity index (χ3n) is 3.57. The van der Waals surface area contributed by atoms with Gasteiger partial charge in [-0.05, 0) is 11.0 Å². The summed E-state index contributed by atoms with van der Waals surface area (Å²) in [4.78, 5) is 9.04. The van der Waals surface area contributed by atoms with Crippen LogP contribution in [0.2, 0.25) is 0 Å². The number of rotatable bonds is 5. The van der Waals surface area contributed by atoms with Gasteiger partial charge in [-0.3, -0.25) is 5.10 Å². The highest BCUT2D eigenvalue weighted by molar-refractivity contribution is 6.58. The second-order valence-electron chi connectivity index (χ2n) is 5.68. The van der Waals surface area contributed by atoms with Crippen LogP contribution in [0.5, 0.6) is 0 Å². The molecule has 0 aliphatic carbocycles. The van der Waals surface area contributed by atoms with Gasteiger partial charge in [-0.15, -0.1) is 0 Å². The zero-order valence-corrected chi connectivity index (χ0v) is 13.0. The van der Waals surface area contributed by atoms with Crippen LogP contribution in [0.25, 0.3) is 11.0 Å². The highest BCUT2D eigenvalue weighted by Gasteiger charge is 2.12. The second kappa shape index (κ2) is 6.35. The maximum Gasteiger partial charge on any atom is 0.488 e. The molecule has 2 heterocycles. The molecule has 0 radical (unpaired) electrons. The van der Waals surface area contributed by atoms with E-state index in [4.69, 9.17) is 10.0 Å². The number of H-pyrrole nitrogens is 1. The molecule has 0 fully saturated rings. The summed E-state index contributed by atoms with van der Waals surface area (Å²) in [6.45, 7) is 4.65. The molecule has 0 unspecified atom stereocenters. The van der Waals surface area contributed by atoms with Crippen molar-refractivity contribution in [3.8, 4) is 0 Å². The van der Waals surface area contributed by atoms with Crippen molar-refractivity contribution in [1.82, 2.24) is 20.2 Å². The van der Waals surface area contributed by atoms with E-state index >= 15 is 0 Å². The van der Waals surface area contributed by atoms with Crippen molar-refractivity contribution in [2.24, 2.45) is 0 Å². The van der Waals surface area contributed by atoms with Gasteiger partial charge in [0.25, 0.3) is 0 Å². The quantitative estimate of drug-likeness (QED) is 0.519. The molecule has 0 aliphatic rings. The first-order valence-electron chi connectivity index (χ1n) is 7.44. The minimum absolute atomic E-state index is 0.222. The molecule has 23 heavy (non-hydrogen) atoms. The average molecular weight is 311 g/mol. The van der Waals surface area contributed by atoms with Crippen LogP contribution < -0.4 is 10.8 Å². The summed E-state index contributed by atoms with van der Waals surface area (Å²) in [6, 6.07) is 7.06. The molecule has 0 saturated carbocycles. The Balaban J connectivity index is 1.82. The largest absolute Gasteiger partial charge is 0.488 e. The van der Waals surface area contributed by atoms with Gasteiger partial charge >= 0.3 is 7.12 Å². The van der Waals surface area contributed by atoms with E-state index in [1.165, 1.54) is 0 Å². The molecular weight excluding hydrogens is 293 g/mol. The number of benzene rings is 1. The van der Waals surface area contributed by atoms with Crippen molar-refractivity contribution in [3.05, 3.63) is 41.9 Å². The van der Waals surface area contributed by atoms with Crippen LogP contribution >= 0.6 is 0 Å². The number of anilines is 1. The lowest BCUT2D eigenvalue weighted by atomic mass is 9.80. The molecule has 3 rings (SSSR count). The van der Waals surface area contributed by atoms with Crippen LogP contribution in [0.3, 0.4) is 0 Å². The van der Waals surface area contributed by atoms with Gasteiger partial charge in [-0.2, -0.15) is 5.10 Å². The Morgan fingerprint density at radius 3 is 2.57 bits per heavy atom. The Labute approximate surface area is 133 Å². The lowest BCUT2D eigenvalue weighted by Gasteiger charge is -2.10. The molecule has 0 atom stereocenters. The first-order valence-corrected chi connectivity index (χ1v) is 7.44. The fraction of sp³-hybridized carbons (Fsp3) is 0.267. The van der Waals surface area contributed by atoms with Gasteiger partial charge in [0, 0.05) is 12.5 Å². The fourth-order valence-corrected chi connectivity index (χ4v) is 2.24. The molecule has 3 aromatic rings. The van der Waals surface area contributed by atoms with E-state index in [1.54, 1.807) is 18.3 Å². The molecule has 2 aromatic heterocycles. The third kappa shape index (κ3) is 3.33. The van der Waals surface area contributed by atoms with Gasteiger partial charge in [0.2, 0.25) is 0 Å². The number of nitrogens with one attached hydrogen (secondary N) is 2. The number of aromatic amines is 1. The Morgan fingerprint density at radius 2 is 1.91 bits per heavy atom. The summed E-state index contributed by atoms with van der Waals surface area (Å²) in [5, 5.41) is 28.4. The van der Waals surface area contributed by atoms with E-state index in [0.717, 1.165) is 22.4 Å². The molecule has 0 amide bonds. The summed E-state index contributed by atoms with van der Waals surface area (Å²) >= 11 is 0. The molecule has 0 spiro atoms. The van der Waals surface area contributed by atoms with E-state index in [9.17, 15) is 0 Å². The SMILES string of the molecule is CC(C)c1nc(NCc2ccc(B(O)O)cc2)c2[nH]ncc2n1. The molecule has 7 nitrogen and oxygen atoms in total. The summed E-state index contributed by atoms with van der Waals surface area (Å²) in [5.74, 6) is 1.70. The van der Waals surface area contributed by atoms with Crippen LogP contribution in [0.15, 0.2) is 30.5 Å². The Hall–Kier alpha value is -2.45. The molecule has 0 aliphatic heterocycles. The highest BCUT2D eigenvalue weighted by atomic mass is 16.4. The van der Waals surface area contributed by atoms with Crippen molar-refractivity contribution >= 4 is 29.4 Å². The minimum Gasteiger partial charge on any atom is -0.423 e. The Bertz CT molecular complexity index is 801. The summed E-state index contributed by atoms with van der Waals surface area (Å²) in [5.41, 5.74) is 3.03. The van der Waals surface area contributed by atoms with Crippen molar-refractivity contribution in [1.29, 1.82) is 0 Å². The van der Waals surface area contributed by atoms with Crippen LogP contribution in [0.1, 0.15) is 31.2 Å². The second-order valence-corrected chi connectivity index (χ2v) is 5.68. The lowest BCUT2D eigenvalue weighted by Crippen LogP contribution is -2.29. The van der Waals surface area contributed by atoms with Gasteiger partial charge in [0.1, 0.15) is 16.9 Å². The first kappa shape index (κ1) is 15.5. The smallest absolute Gasteiger partial charge is 0.423 e. The van der Waals surface area contributed by atoms with Gasteiger partial charge < -0.3 is 15.4 Å². The standard InChI is InChI=1S/C15H18BN5O2/c1-9(2)14-19-12-8-18-21-13(12)15(20-14)17-7-10-3-5-11(6-4-10)16(22)23/h3-6,8-9,22-23H,7H2,1-2H3,(H,18,21)(H,17,19,20). The number of hydrogen-bond acceptors (Lipinski definition) is 6. The lowest BCUT2D eigenvalue weighted by molar-refractivity contribution is 0.426. The van der Waals surface area contributed by atoms with Crippen molar-refractivity contribution in [3.63, 3.8) is 0 Å². The topological polar surface area (TPSA) is 107 Å². The van der Waals surface area contributed by atoms with Crippen molar-refractivity contribution in [2.45, 2.75) is 26.3 Å². The van der Waals surface area contributed by atoms with Gasteiger partial charge in [-0.1, -0.05) is 38.1 Å². The first-order chi connectivity index (χ1) is 11.0. The Kier molecular flexibility index (Phi) is 4.27. The maximum absolute atomic E-state index is 9.11. The normalized spacial score (nSPS) is 11.2. The summed E-state index contributed by atoms with van der Waals surface area (Å²) in [7, 11) is -1.45. The van der Waals surface area contributed by atoms with Gasteiger partial charge in [0.05, 0.1) is 6.20 Å². The zero-order chi connectivity index (χ0) is 16.4. The highest BCUT2D eigenvalue weighted by Crippen LogP contribution is 2.21. The van der Waals surface area contributed by atoms with E-state index in [1.807, 2.05) is 26.0 Å². The number of hydrogen-bond donors (Lipinski definition) is 4. The predicted octanol–water partition coefficient (Wildman–Crippen LogP) is 0.768. The maximum atomic E-state index is 9.11. The van der Waals surface area contributed by atoms with Crippen LogP contribution in [-0.2, 0) is 6.54 Å². The predicted molar refractivity (Wildman–Crippen MR) is 89.4 cm³/mol. The van der Waals surface area contributed by atoms with Crippen molar-refractivity contribution < 1.29 is 10.0 Å². The number of fused-ring (bicyclic) bond motifs is 1. The third-order valence-corrected chi connectivity index (χ3v) is 3.57. The van der Waals surface area contributed by atoms with E-state index in [-0.39, 0.29) is 5.92 Å². The summed E-state index contributed by atoms with van der Waals surface area (Å²) < 4.78 is 0. The van der Waals surface area contributed by atoms with Gasteiger partial charge in [0.15, 0.2) is 5.82 Å². The molecular formula is C15H18BN5O2. The van der Waals surface area contributed by atoms with Crippen LogP contribution in [-0.4, -0.2) is 37.3 Å². The monoisotopic (exact) mass is 311 g/mol. The summed E-state index contributed by atoms with van der Waals surface area (Å²) in [6.07, 6.45) is 1.69. The molecule has 0 saturated heterocycles. The number of nitrogens with zero attached hydrogens (tertiary/aromatic N) is 3. The van der Waals surface area contributed by atoms with Crippen molar-refractivity contribution in [2.75, 3.05) is 5.32 Å². The molecule has 4 N–H and O–H groups in total. The number of aromatic nitrogens is 4. The van der Waals surface area contributed by atoms with Crippen LogP contribution in [0.4, 0.5) is 5.82 Å². The minimum atomic E-state index is -1.45. The molecule has 8 heteroatoms. The van der Waals surface area contributed by atoms with Crippen LogP contribution in [0, 0.1) is 0 Å². The molecule has 1 aromatic carbocycles. The van der Waals surface area contributed by atoms with E-state index in [0.29, 0.717) is 17.8 Å². The van der Waals surface area contributed by atoms with Gasteiger partial charge in [-0.25, -0.2) is 9.97 Å². The zero-order valence-electron chi connectivity index (χ0n) is 13.0. The molecule has 118 valence electrons. The van der Waals surface area contributed by atoms with E-state index < -0.39 is 7.12 Å². The fourth-order valence-electron chi connectivity index (χ4n) is 2.24. The Morgan fingerprint density at radius 1 is 1.17 bits per heavy atom. The average Bonchev–Trinajstić information content (AvgIpc) is 3.01. The molecule has 0 bridgehead atoms. The van der Waals surface area contributed by atoms with E-state index in [2.05, 4.69) is 25.5 Å².